The summed E-state index contributed by atoms with van der Waals surface area (Å²) in [7, 11) is 0. The molecule has 0 unspecified atom stereocenters. The number of aryl methyl sites for hydroxylation is 1. The van der Waals surface area contributed by atoms with Gasteiger partial charge in [0.1, 0.15) is 5.69 Å². The number of benzene rings is 1. The van der Waals surface area contributed by atoms with Crippen molar-refractivity contribution < 1.29 is 18.0 Å². The van der Waals surface area contributed by atoms with Gasteiger partial charge in [-0.15, -0.1) is 0 Å². The van der Waals surface area contributed by atoms with Crippen LogP contribution >= 0.6 is 0 Å². The predicted octanol–water partition coefficient (Wildman–Crippen LogP) is 4.32. The van der Waals surface area contributed by atoms with Crippen LogP contribution in [0.4, 0.5) is 18.9 Å². The summed E-state index contributed by atoms with van der Waals surface area (Å²) in [4.78, 5) is 21.4. The summed E-state index contributed by atoms with van der Waals surface area (Å²) in [6, 6.07) is 8.93. The summed E-state index contributed by atoms with van der Waals surface area (Å²) in [5, 5.41) is 4.63. The van der Waals surface area contributed by atoms with Crippen molar-refractivity contribution in [2.75, 3.05) is 31.1 Å². The van der Waals surface area contributed by atoms with Crippen LogP contribution in [0.3, 0.4) is 0 Å². The van der Waals surface area contributed by atoms with Gasteiger partial charge in [-0.3, -0.25) is 4.79 Å². The van der Waals surface area contributed by atoms with Crippen LogP contribution in [-0.2, 0) is 11.6 Å². The molecule has 3 heterocycles. The maximum absolute atomic E-state index is 13.3. The minimum atomic E-state index is -4.38. The highest BCUT2D eigenvalue weighted by Crippen LogP contribution is 2.32. The molecule has 0 saturated carbocycles. The molecule has 1 amide bonds. The van der Waals surface area contributed by atoms with Crippen molar-refractivity contribution in [3.63, 3.8) is 0 Å². The fourth-order valence-corrected chi connectivity index (χ4v) is 3.83. The summed E-state index contributed by atoms with van der Waals surface area (Å²) in [5.41, 5.74) is 2.30. The molecule has 2 aromatic heterocycles. The first-order valence-electron chi connectivity index (χ1n) is 10.5. The van der Waals surface area contributed by atoms with Crippen LogP contribution in [0.15, 0.2) is 36.4 Å². The Morgan fingerprint density at radius 1 is 1.00 bits per heavy atom. The SMILES string of the molecule is Cc1cc(C(=O)N2CCN(c3cccc(C(F)(F)F)c3)CC2)n2nc(C(C)(C)C)cc2n1. The Balaban J connectivity index is 1.54. The number of rotatable bonds is 2. The zero-order valence-electron chi connectivity index (χ0n) is 18.6. The van der Waals surface area contributed by atoms with Crippen LogP contribution in [-0.4, -0.2) is 51.6 Å². The van der Waals surface area contributed by atoms with Gasteiger partial charge in [0.25, 0.3) is 5.91 Å². The number of carbonyl (C=O) groups is 1. The number of alkyl halides is 3. The van der Waals surface area contributed by atoms with E-state index >= 15 is 0 Å². The Kier molecular flexibility index (Phi) is 5.38. The van der Waals surface area contributed by atoms with Crippen LogP contribution in [0.2, 0.25) is 0 Å². The Morgan fingerprint density at radius 2 is 1.69 bits per heavy atom. The molecule has 0 radical (unpaired) electrons. The van der Waals surface area contributed by atoms with Crippen LogP contribution < -0.4 is 4.90 Å². The first kappa shape index (κ1) is 22.1. The van der Waals surface area contributed by atoms with Crippen molar-refractivity contribution in [2.24, 2.45) is 0 Å². The summed E-state index contributed by atoms with van der Waals surface area (Å²) in [5.74, 6) is -0.159. The standard InChI is InChI=1S/C23H26F3N5O/c1-15-12-18(31-20(27-15)14-19(28-31)22(2,3)4)21(32)30-10-8-29(9-11-30)17-7-5-6-16(13-17)23(24,25)26/h5-7,12-14H,8-11H2,1-4H3. The molecule has 0 atom stereocenters. The molecule has 1 aliphatic rings. The maximum atomic E-state index is 13.3. The molecule has 1 aliphatic heterocycles. The molecule has 0 aliphatic carbocycles. The van der Waals surface area contributed by atoms with Gasteiger partial charge in [0.15, 0.2) is 5.65 Å². The Hall–Kier alpha value is -3.10. The molecule has 0 N–H and O–H groups in total. The fraction of sp³-hybridized carbons (Fsp3) is 0.435. The second-order valence-electron chi connectivity index (χ2n) is 9.16. The lowest BCUT2D eigenvalue weighted by atomic mass is 9.93. The van der Waals surface area contributed by atoms with Gasteiger partial charge in [0.2, 0.25) is 0 Å². The molecule has 0 bridgehead atoms. The first-order valence-corrected chi connectivity index (χ1v) is 10.5. The van der Waals surface area contributed by atoms with Gasteiger partial charge in [-0.25, -0.2) is 9.50 Å². The van der Waals surface area contributed by atoms with Gasteiger partial charge < -0.3 is 9.80 Å². The molecule has 1 saturated heterocycles. The van der Waals surface area contributed by atoms with Crippen molar-refractivity contribution in [3.05, 3.63) is 59.0 Å². The van der Waals surface area contributed by atoms with Gasteiger partial charge >= 0.3 is 6.18 Å². The van der Waals surface area contributed by atoms with Gasteiger partial charge in [-0.05, 0) is 31.2 Å². The zero-order chi connectivity index (χ0) is 23.3. The van der Waals surface area contributed by atoms with E-state index in [4.69, 9.17) is 0 Å². The van der Waals surface area contributed by atoms with Crippen molar-refractivity contribution in [2.45, 2.75) is 39.3 Å². The summed E-state index contributed by atoms with van der Waals surface area (Å²) >= 11 is 0. The summed E-state index contributed by atoms with van der Waals surface area (Å²) in [6.07, 6.45) is -4.38. The number of fused-ring (bicyclic) bond motifs is 1. The zero-order valence-corrected chi connectivity index (χ0v) is 18.6. The average Bonchev–Trinajstić information content (AvgIpc) is 3.17. The summed E-state index contributed by atoms with van der Waals surface area (Å²) < 4.78 is 40.7. The van der Waals surface area contributed by atoms with E-state index < -0.39 is 11.7 Å². The predicted molar refractivity (Wildman–Crippen MR) is 116 cm³/mol. The lowest BCUT2D eigenvalue weighted by Crippen LogP contribution is -2.49. The van der Waals surface area contributed by atoms with E-state index in [0.717, 1.165) is 23.5 Å². The number of nitrogens with zero attached hydrogens (tertiary/aromatic N) is 5. The Morgan fingerprint density at radius 3 is 2.31 bits per heavy atom. The quantitative estimate of drug-likeness (QED) is 0.590. The van der Waals surface area contributed by atoms with Crippen molar-refractivity contribution in [1.82, 2.24) is 19.5 Å². The maximum Gasteiger partial charge on any atom is 0.416 e. The number of carbonyl (C=O) groups excluding carboxylic acids is 1. The molecule has 9 heteroatoms. The number of piperazine rings is 1. The van der Waals surface area contributed by atoms with E-state index in [2.05, 4.69) is 30.9 Å². The third-order valence-corrected chi connectivity index (χ3v) is 5.65. The highest BCUT2D eigenvalue weighted by molar-refractivity contribution is 5.93. The van der Waals surface area contributed by atoms with Gasteiger partial charge in [-0.2, -0.15) is 18.3 Å². The second-order valence-corrected chi connectivity index (χ2v) is 9.16. The highest BCUT2D eigenvalue weighted by Gasteiger charge is 2.31. The molecule has 1 aromatic carbocycles. The van der Waals surface area contributed by atoms with E-state index in [1.54, 1.807) is 21.5 Å². The lowest BCUT2D eigenvalue weighted by molar-refractivity contribution is -0.137. The minimum absolute atomic E-state index is 0.159. The number of hydrogen-bond acceptors (Lipinski definition) is 4. The van der Waals surface area contributed by atoms with Gasteiger partial charge in [0, 0.05) is 49.0 Å². The highest BCUT2D eigenvalue weighted by atomic mass is 19.4. The van der Waals surface area contributed by atoms with E-state index in [-0.39, 0.29) is 11.3 Å². The molecule has 32 heavy (non-hydrogen) atoms. The van der Waals surface area contributed by atoms with Crippen LogP contribution in [0, 0.1) is 6.92 Å². The molecule has 0 spiro atoms. The lowest BCUT2D eigenvalue weighted by Gasteiger charge is -2.36. The average molecular weight is 445 g/mol. The van der Waals surface area contributed by atoms with Crippen molar-refractivity contribution >= 4 is 17.2 Å². The monoisotopic (exact) mass is 445 g/mol. The van der Waals surface area contributed by atoms with E-state index in [1.165, 1.54) is 6.07 Å². The van der Waals surface area contributed by atoms with Crippen molar-refractivity contribution in [3.8, 4) is 0 Å². The number of amides is 1. The van der Waals surface area contributed by atoms with E-state index in [0.29, 0.717) is 43.2 Å². The van der Waals surface area contributed by atoms with Crippen LogP contribution in [0.1, 0.15) is 48.2 Å². The molecular formula is C23H26F3N5O. The third kappa shape index (κ3) is 4.28. The molecule has 1 fully saturated rings. The fourth-order valence-electron chi connectivity index (χ4n) is 3.83. The van der Waals surface area contributed by atoms with Crippen LogP contribution in [0.25, 0.3) is 5.65 Å². The van der Waals surface area contributed by atoms with Crippen molar-refractivity contribution in [1.29, 1.82) is 0 Å². The number of anilines is 1. The molecular weight excluding hydrogens is 419 g/mol. The Bertz CT molecular complexity index is 1150. The first-order chi connectivity index (χ1) is 14.9. The molecule has 170 valence electrons. The second kappa shape index (κ2) is 7.79. The van der Waals surface area contributed by atoms with Crippen LogP contribution in [0.5, 0.6) is 0 Å². The molecule has 6 nitrogen and oxygen atoms in total. The number of hydrogen-bond donors (Lipinski definition) is 0. The molecule has 4 rings (SSSR count). The molecule has 3 aromatic rings. The van der Waals surface area contributed by atoms with E-state index in [1.807, 2.05) is 17.9 Å². The number of halogens is 3. The largest absolute Gasteiger partial charge is 0.416 e. The Labute approximate surface area is 184 Å². The van der Waals surface area contributed by atoms with E-state index in [9.17, 15) is 18.0 Å². The topological polar surface area (TPSA) is 53.7 Å². The third-order valence-electron chi connectivity index (χ3n) is 5.65. The summed E-state index contributed by atoms with van der Waals surface area (Å²) in [6.45, 7) is 9.71. The van der Waals surface area contributed by atoms with Gasteiger partial charge in [-0.1, -0.05) is 26.8 Å². The smallest absolute Gasteiger partial charge is 0.368 e. The normalized spacial score (nSPS) is 15.5. The van der Waals surface area contributed by atoms with Gasteiger partial charge in [0.05, 0.1) is 11.3 Å². The minimum Gasteiger partial charge on any atom is -0.368 e. The number of aromatic nitrogens is 3.